The van der Waals surface area contributed by atoms with E-state index in [9.17, 15) is 16.8 Å². The van der Waals surface area contributed by atoms with Crippen LogP contribution in [0.15, 0.2) is 94.9 Å². The summed E-state index contributed by atoms with van der Waals surface area (Å²) in [6.07, 6.45) is 6.14. The highest BCUT2D eigenvalue weighted by atomic mass is 79.9. The zero-order valence-electron chi connectivity index (χ0n) is 40.5. The lowest BCUT2D eigenvalue weighted by atomic mass is 10.1. The van der Waals surface area contributed by atoms with Crippen molar-refractivity contribution in [3.63, 3.8) is 0 Å². The molecule has 6 rings (SSSR count). The molecule has 0 unspecified atom stereocenters. The number of aromatic nitrogens is 8. The standard InChI is InChI=1S/2C20H23BrN6O4S.CH4/c2*1-3-8-26-32(28,29)27-18-17(15-4-6-16(21)7-5-15)19(25-13-24-18)30-9-10-31-20-22-11-14(2)12-23-20;/h2*4-7,11-13,26H,3,8-10H2,1-2H3,(H,24,25,27);1H4/i3D2,8D2;8D2;. The number of anilines is 2. The predicted molar refractivity (Wildman–Crippen MR) is 254 cm³/mol. The van der Waals surface area contributed by atoms with Crippen molar-refractivity contribution in [1.82, 2.24) is 49.3 Å². The van der Waals surface area contributed by atoms with Crippen LogP contribution in [0.25, 0.3) is 22.3 Å². The molecule has 0 aliphatic carbocycles. The van der Waals surface area contributed by atoms with Crippen LogP contribution < -0.4 is 37.8 Å². The van der Waals surface area contributed by atoms with Crippen LogP contribution >= 0.6 is 31.9 Å². The van der Waals surface area contributed by atoms with E-state index in [-0.39, 0.29) is 86.8 Å². The van der Waals surface area contributed by atoms with Crippen molar-refractivity contribution in [3.05, 3.63) is 106 Å². The Kier molecular flexibility index (Phi) is 17.1. The summed E-state index contributed by atoms with van der Waals surface area (Å²) >= 11 is 6.71. The van der Waals surface area contributed by atoms with Crippen molar-refractivity contribution in [2.45, 2.75) is 47.9 Å². The number of ether oxygens (including phenoxy) is 4. The summed E-state index contributed by atoms with van der Waals surface area (Å²) in [7, 11) is -8.90. The second kappa shape index (κ2) is 25.7. The fraction of sp³-hybridized carbons (Fsp3) is 0.317. The van der Waals surface area contributed by atoms with Crippen molar-refractivity contribution in [2.75, 3.05) is 48.9 Å². The summed E-state index contributed by atoms with van der Waals surface area (Å²) < 4.78 is 129. The summed E-state index contributed by atoms with van der Waals surface area (Å²) in [5.41, 5.74) is 3.33. The average molecular weight is 1070 g/mol. The molecule has 65 heavy (non-hydrogen) atoms. The van der Waals surface area contributed by atoms with E-state index in [0.29, 0.717) is 11.1 Å². The van der Waals surface area contributed by atoms with E-state index < -0.39 is 39.8 Å². The molecule has 6 aromatic rings. The molecule has 0 saturated carbocycles. The van der Waals surface area contributed by atoms with Gasteiger partial charge in [-0.1, -0.05) is 77.4 Å². The summed E-state index contributed by atoms with van der Waals surface area (Å²) in [6, 6.07) is 14.2. The monoisotopic (exact) mass is 1070 g/mol. The Morgan fingerprint density at radius 3 is 1.29 bits per heavy atom. The molecule has 0 fully saturated rings. The van der Waals surface area contributed by atoms with Gasteiger partial charge in [0.15, 0.2) is 11.6 Å². The highest BCUT2D eigenvalue weighted by Gasteiger charge is 2.21. The number of benzene rings is 2. The number of rotatable bonds is 22. The minimum Gasteiger partial charge on any atom is -0.473 e. The van der Waals surface area contributed by atoms with Gasteiger partial charge >= 0.3 is 12.0 Å². The van der Waals surface area contributed by atoms with E-state index in [1.807, 2.05) is 18.6 Å². The molecule has 4 N–H and O–H groups in total. The Labute approximate surface area is 404 Å². The number of aryl methyl sites for hydroxylation is 2. The molecular formula is C41H50Br2N12O8S2. The number of nitrogens with zero attached hydrogens (tertiary/aromatic N) is 8. The topological polar surface area (TPSA) is 256 Å². The van der Waals surface area contributed by atoms with Crippen molar-refractivity contribution in [2.24, 2.45) is 0 Å². The van der Waals surface area contributed by atoms with Crippen LogP contribution in [0.4, 0.5) is 11.6 Å². The summed E-state index contributed by atoms with van der Waals surface area (Å²) in [5, 5.41) is 0. The normalized spacial score (nSPS) is 13.1. The third-order valence-electron chi connectivity index (χ3n) is 7.67. The van der Waals surface area contributed by atoms with Gasteiger partial charge in [-0.15, -0.1) is 0 Å². The van der Waals surface area contributed by atoms with Crippen LogP contribution in [0.3, 0.4) is 0 Å². The van der Waals surface area contributed by atoms with Gasteiger partial charge in [0.1, 0.15) is 39.1 Å². The molecule has 348 valence electrons. The Balaban J connectivity index is 0.000000305. The first-order valence-corrected chi connectivity index (χ1v) is 23.3. The number of nitrogens with one attached hydrogen (secondary N) is 4. The third kappa shape index (κ3) is 17.0. The smallest absolute Gasteiger partial charge is 0.316 e. The predicted octanol–water partition coefficient (Wildman–Crippen LogP) is 6.87. The number of hydrogen-bond donors (Lipinski definition) is 4. The second-order valence-electron chi connectivity index (χ2n) is 12.6. The maximum atomic E-state index is 12.7. The number of hydrogen-bond acceptors (Lipinski definition) is 16. The largest absolute Gasteiger partial charge is 0.473 e. The molecule has 0 bridgehead atoms. The Morgan fingerprint density at radius 1 is 0.554 bits per heavy atom. The molecule has 2 aromatic carbocycles. The molecule has 0 saturated heterocycles. The van der Waals surface area contributed by atoms with Gasteiger partial charge in [-0.25, -0.2) is 39.9 Å². The van der Waals surface area contributed by atoms with Gasteiger partial charge in [-0.3, -0.25) is 9.44 Å². The fourth-order valence-corrected chi connectivity index (χ4v) is 6.93. The summed E-state index contributed by atoms with van der Waals surface area (Å²) in [5.74, 6) is -0.131. The molecule has 0 amide bonds. The van der Waals surface area contributed by atoms with Crippen LogP contribution in [0.2, 0.25) is 0 Å². The van der Waals surface area contributed by atoms with E-state index >= 15 is 0 Å². The van der Waals surface area contributed by atoms with Crippen molar-refractivity contribution in [1.29, 1.82) is 0 Å². The molecule has 4 aromatic heterocycles. The highest BCUT2D eigenvalue weighted by molar-refractivity contribution is 9.10. The first-order chi connectivity index (χ1) is 32.9. The van der Waals surface area contributed by atoms with Crippen LogP contribution in [-0.2, 0) is 20.4 Å². The first kappa shape index (κ1) is 43.2. The molecule has 24 heteroatoms. The van der Waals surface area contributed by atoms with Crippen molar-refractivity contribution >= 4 is 63.9 Å². The summed E-state index contributed by atoms with van der Waals surface area (Å²) in [6.45, 7) is 1.39. The molecule has 20 nitrogen and oxygen atoms in total. The molecular weight excluding hydrogens is 1010 g/mol. The van der Waals surface area contributed by atoms with Gasteiger partial charge < -0.3 is 18.9 Å². The van der Waals surface area contributed by atoms with Gasteiger partial charge in [0.2, 0.25) is 11.8 Å². The minimum atomic E-state index is -4.61. The quantitative estimate of drug-likeness (QED) is 0.0506. The second-order valence-corrected chi connectivity index (χ2v) is 17.3. The van der Waals surface area contributed by atoms with E-state index in [0.717, 1.165) is 39.7 Å². The van der Waals surface area contributed by atoms with Gasteiger partial charge in [0.25, 0.3) is 20.4 Å². The first-order valence-electron chi connectivity index (χ1n) is 21.8. The Hall–Kier alpha value is -5.66. The summed E-state index contributed by atoms with van der Waals surface area (Å²) in [4.78, 5) is 32.5. The molecule has 0 radical (unpaired) electrons. The lowest BCUT2D eigenvalue weighted by molar-refractivity contribution is 0.202. The van der Waals surface area contributed by atoms with Crippen LogP contribution in [0.5, 0.6) is 23.8 Å². The SMILES string of the molecule is C.[2H]C([2H])(C)C([2H])([2H])NS(=O)(=O)Nc1ncnc(OCCOc2ncc(C)cn2)c1-c1ccc(Br)cc1.[2H]C([2H])(CC)NS(=O)(=O)Nc1ncnc(OCCOc2ncc(C)cn2)c1-c1ccc(Br)cc1. The van der Waals surface area contributed by atoms with Crippen LogP contribution in [-0.4, -0.2) is 96.1 Å². The van der Waals surface area contributed by atoms with Crippen LogP contribution in [0.1, 0.15) is 53.4 Å². The van der Waals surface area contributed by atoms with E-state index in [2.05, 4.69) is 81.2 Å². The maximum absolute atomic E-state index is 12.7. The third-order valence-corrected chi connectivity index (χ3v) is 10.4. The average Bonchev–Trinajstić information content (AvgIpc) is 3.27. The minimum absolute atomic E-state index is 0. The molecule has 0 spiro atoms. The van der Waals surface area contributed by atoms with Gasteiger partial charge in [-0.05, 0) is 73.2 Å². The zero-order chi connectivity index (χ0) is 51.3. The van der Waals surface area contributed by atoms with E-state index in [1.165, 1.54) is 6.92 Å². The van der Waals surface area contributed by atoms with Crippen molar-refractivity contribution < 1.29 is 44.0 Å². The molecule has 0 aliphatic heterocycles. The number of halogens is 2. The van der Waals surface area contributed by atoms with Gasteiger partial charge in [-0.2, -0.15) is 26.3 Å². The molecule has 4 heterocycles. The maximum Gasteiger partial charge on any atom is 0.316 e. The lowest BCUT2D eigenvalue weighted by Gasteiger charge is -2.15. The van der Waals surface area contributed by atoms with Gasteiger partial charge in [0.05, 0.1) is 11.1 Å². The molecule has 0 aliphatic rings. The van der Waals surface area contributed by atoms with E-state index in [1.54, 1.807) is 78.0 Å². The van der Waals surface area contributed by atoms with Crippen LogP contribution in [0, 0.1) is 13.8 Å². The fourth-order valence-electron chi connectivity index (χ4n) is 4.91. The van der Waals surface area contributed by atoms with E-state index in [4.69, 9.17) is 27.2 Å². The highest BCUT2D eigenvalue weighted by Crippen LogP contribution is 2.36. The van der Waals surface area contributed by atoms with Crippen molar-refractivity contribution in [3.8, 4) is 46.0 Å². The zero-order valence-corrected chi connectivity index (χ0v) is 39.3. The molecule has 0 atom stereocenters. The van der Waals surface area contributed by atoms with Gasteiger partial charge in [0, 0.05) is 55.0 Å². The Morgan fingerprint density at radius 2 is 0.923 bits per heavy atom. The Bertz CT molecular complexity index is 2900. The lowest BCUT2D eigenvalue weighted by Crippen LogP contribution is -2.31.